The average molecular weight is 257 g/mol. The normalized spacial score (nSPS) is 13.2. The number of likely N-dealkylation sites (N-methyl/N-ethyl adjacent to an activating group) is 1. The van der Waals surface area contributed by atoms with Crippen molar-refractivity contribution >= 4 is 23.1 Å². The molecule has 0 amide bonds. The van der Waals surface area contributed by atoms with Gasteiger partial charge >= 0.3 is 0 Å². The van der Waals surface area contributed by atoms with E-state index in [1.165, 1.54) is 23.5 Å². The van der Waals surface area contributed by atoms with Crippen LogP contribution in [0.15, 0.2) is 16.8 Å². The van der Waals surface area contributed by atoms with Crippen molar-refractivity contribution in [3.05, 3.63) is 22.4 Å². The van der Waals surface area contributed by atoms with Crippen molar-refractivity contribution in [3.63, 3.8) is 0 Å². The molecule has 0 spiro atoms. The Morgan fingerprint density at radius 2 is 2.19 bits per heavy atom. The number of thiophene rings is 1. The number of hydrogen-bond acceptors (Lipinski definition) is 3. The molecule has 0 bridgehead atoms. The van der Waals surface area contributed by atoms with Gasteiger partial charge in [0.1, 0.15) is 0 Å². The average Bonchev–Trinajstić information content (AvgIpc) is 2.70. The Bertz CT molecular complexity index is 257. The van der Waals surface area contributed by atoms with Crippen LogP contribution in [0.25, 0.3) is 0 Å². The van der Waals surface area contributed by atoms with E-state index in [0.29, 0.717) is 6.04 Å². The zero-order chi connectivity index (χ0) is 11.8. The molecule has 1 nitrogen and oxygen atoms in total. The molecule has 1 aromatic rings. The van der Waals surface area contributed by atoms with Gasteiger partial charge in [0, 0.05) is 11.8 Å². The first-order valence-corrected chi connectivity index (χ1v) is 8.14. The van der Waals surface area contributed by atoms with Crippen molar-refractivity contribution in [2.24, 2.45) is 5.92 Å². The molecule has 16 heavy (non-hydrogen) atoms. The fraction of sp³-hybridized carbons (Fsp3) is 0.692. The van der Waals surface area contributed by atoms with Crippen molar-refractivity contribution < 1.29 is 0 Å². The highest BCUT2D eigenvalue weighted by atomic mass is 32.2. The molecule has 1 N–H and O–H groups in total. The van der Waals surface area contributed by atoms with E-state index in [-0.39, 0.29) is 0 Å². The predicted molar refractivity (Wildman–Crippen MR) is 77.7 cm³/mol. The van der Waals surface area contributed by atoms with E-state index in [2.05, 4.69) is 54.7 Å². The van der Waals surface area contributed by atoms with Gasteiger partial charge in [-0.05, 0) is 47.0 Å². The van der Waals surface area contributed by atoms with E-state index in [1.54, 1.807) is 11.3 Å². The van der Waals surface area contributed by atoms with Gasteiger partial charge in [-0.1, -0.05) is 20.8 Å². The highest BCUT2D eigenvalue weighted by Crippen LogP contribution is 2.14. The van der Waals surface area contributed by atoms with Crippen LogP contribution in [0.4, 0.5) is 0 Å². The van der Waals surface area contributed by atoms with Crippen molar-refractivity contribution in [2.45, 2.75) is 33.2 Å². The molecule has 92 valence electrons. The minimum Gasteiger partial charge on any atom is -0.313 e. The molecule has 0 fully saturated rings. The molecular weight excluding hydrogens is 234 g/mol. The van der Waals surface area contributed by atoms with Crippen LogP contribution in [-0.2, 0) is 6.42 Å². The lowest BCUT2D eigenvalue weighted by atomic mass is 10.1. The Kier molecular flexibility index (Phi) is 7.17. The highest BCUT2D eigenvalue weighted by molar-refractivity contribution is 7.99. The molecule has 0 saturated heterocycles. The van der Waals surface area contributed by atoms with Crippen LogP contribution in [0.3, 0.4) is 0 Å². The smallest absolute Gasteiger partial charge is 0.0198 e. The van der Waals surface area contributed by atoms with Gasteiger partial charge in [0.05, 0.1) is 0 Å². The van der Waals surface area contributed by atoms with E-state index in [0.717, 1.165) is 12.5 Å². The third-order valence-electron chi connectivity index (χ3n) is 2.33. The third kappa shape index (κ3) is 5.92. The van der Waals surface area contributed by atoms with Gasteiger partial charge in [0.2, 0.25) is 0 Å². The predicted octanol–water partition coefficient (Wildman–Crippen LogP) is 3.66. The van der Waals surface area contributed by atoms with Crippen molar-refractivity contribution in [1.29, 1.82) is 0 Å². The summed E-state index contributed by atoms with van der Waals surface area (Å²) in [5.74, 6) is 3.29. The number of hydrogen-bond donors (Lipinski definition) is 1. The van der Waals surface area contributed by atoms with Gasteiger partial charge in [-0.15, -0.1) is 0 Å². The Labute approximate surface area is 108 Å². The summed E-state index contributed by atoms with van der Waals surface area (Å²) in [6, 6.07) is 2.87. The zero-order valence-electron chi connectivity index (χ0n) is 10.5. The van der Waals surface area contributed by atoms with Gasteiger partial charge in [0.15, 0.2) is 0 Å². The van der Waals surface area contributed by atoms with Crippen molar-refractivity contribution in [3.8, 4) is 0 Å². The molecule has 3 heteroatoms. The van der Waals surface area contributed by atoms with Crippen LogP contribution in [0.5, 0.6) is 0 Å². The molecule has 0 aliphatic carbocycles. The van der Waals surface area contributed by atoms with Crippen LogP contribution in [0, 0.1) is 5.92 Å². The number of thioether (sulfide) groups is 1. The fourth-order valence-corrected chi connectivity index (χ4v) is 3.43. The zero-order valence-corrected chi connectivity index (χ0v) is 12.2. The summed E-state index contributed by atoms with van der Waals surface area (Å²) in [5, 5.41) is 8.01. The van der Waals surface area contributed by atoms with Crippen molar-refractivity contribution in [1.82, 2.24) is 5.32 Å². The van der Waals surface area contributed by atoms with E-state index < -0.39 is 0 Å². The van der Waals surface area contributed by atoms with Gasteiger partial charge in [-0.2, -0.15) is 23.1 Å². The lowest BCUT2D eigenvalue weighted by Gasteiger charge is -2.17. The van der Waals surface area contributed by atoms with Crippen LogP contribution in [0.2, 0.25) is 0 Å². The van der Waals surface area contributed by atoms with Crippen LogP contribution in [0.1, 0.15) is 26.3 Å². The molecule has 1 unspecified atom stereocenters. The van der Waals surface area contributed by atoms with Gasteiger partial charge < -0.3 is 5.32 Å². The number of nitrogens with one attached hydrogen (secondary N) is 1. The van der Waals surface area contributed by atoms with Crippen molar-refractivity contribution in [2.75, 3.05) is 18.1 Å². The second-order valence-corrected chi connectivity index (χ2v) is 6.38. The molecule has 1 atom stereocenters. The van der Waals surface area contributed by atoms with E-state index >= 15 is 0 Å². The Morgan fingerprint density at radius 1 is 1.38 bits per heavy atom. The fourth-order valence-electron chi connectivity index (χ4n) is 1.62. The molecule has 1 heterocycles. The second kappa shape index (κ2) is 8.15. The second-order valence-electron chi connectivity index (χ2n) is 4.52. The minimum absolute atomic E-state index is 0.628. The van der Waals surface area contributed by atoms with Crippen LogP contribution >= 0.6 is 23.1 Å². The summed E-state index contributed by atoms with van der Waals surface area (Å²) in [4.78, 5) is 0. The first kappa shape index (κ1) is 14.1. The monoisotopic (exact) mass is 257 g/mol. The van der Waals surface area contributed by atoms with Gasteiger partial charge in [-0.3, -0.25) is 0 Å². The SMILES string of the molecule is CCNC(CSCC(C)C)Cc1ccsc1. The van der Waals surface area contributed by atoms with Crippen LogP contribution < -0.4 is 5.32 Å². The summed E-state index contributed by atoms with van der Waals surface area (Å²) >= 11 is 3.87. The summed E-state index contributed by atoms with van der Waals surface area (Å²) in [6.45, 7) is 7.83. The summed E-state index contributed by atoms with van der Waals surface area (Å²) < 4.78 is 0. The van der Waals surface area contributed by atoms with E-state index in [1.807, 2.05) is 0 Å². The van der Waals surface area contributed by atoms with E-state index in [9.17, 15) is 0 Å². The summed E-state index contributed by atoms with van der Waals surface area (Å²) in [6.07, 6.45) is 1.17. The molecule has 0 aromatic carbocycles. The molecule has 0 aliphatic rings. The lowest BCUT2D eigenvalue weighted by Crippen LogP contribution is -2.33. The molecule has 0 saturated carbocycles. The molecule has 1 rings (SSSR count). The molecular formula is C13H23NS2. The maximum absolute atomic E-state index is 3.58. The Balaban J connectivity index is 2.29. The molecule has 0 aliphatic heterocycles. The standard InChI is InChI=1S/C13H23NS2/c1-4-14-13(10-16-8-11(2)3)7-12-5-6-15-9-12/h5-6,9,11,13-14H,4,7-8,10H2,1-3H3. The van der Waals surface area contributed by atoms with Gasteiger partial charge in [-0.25, -0.2) is 0 Å². The first-order valence-electron chi connectivity index (χ1n) is 6.04. The first-order chi connectivity index (χ1) is 7.72. The lowest BCUT2D eigenvalue weighted by molar-refractivity contribution is 0.572. The molecule has 1 aromatic heterocycles. The Hall–Kier alpha value is 0.01000. The van der Waals surface area contributed by atoms with Crippen LogP contribution in [-0.4, -0.2) is 24.1 Å². The maximum Gasteiger partial charge on any atom is 0.0198 e. The minimum atomic E-state index is 0.628. The highest BCUT2D eigenvalue weighted by Gasteiger charge is 2.09. The topological polar surface area (TPSA) is 12.0 Å². The van der Waals surface area contributed by atoms with E-state index in [4.69, 9.17) is 0 Å². The summed E-state index contributed by atoms with van der Waals surface area (Å²) in [7, 11) is 0. The van der Waals surface area contributed by atoms with Gasteiger partial charge in [0.25, 0.3) is 0 Å². The number of rotatable bonds is 8. The molecule has 0 radical (unpaired) electrons. The Morgan fingerprint density at radius 3 is 2.75 bits per heavy atom. The maximum atomic E-state index is 3.58. The summed E-state index contributed by atoms with van der Waals surface area (Å²) in [5.41, 5.74) is 1.47. The third-order valence-corrected chi connectivity index (χ3v) is 4.60. The quantitative estimate of drug-likeness (QED) is 0.763. The largest absolute Gasteiger partial charge is 0.313 e.